The minimum atomic E-state index is -0.557. The van der Waals surface area contributed by atoms with Crippen LogP contribution < -0.4 is 0 Å². The number of hydrogen-bond donors (Lipinski definition) is 0. The van der Waals surface area contributed by atoms with Crippen molar-refractivity contribution in [1.82, 2.24) is 4.90 Å². The lowest BCUT2D eigenvalue weighted by atomic mass is 10.1. The summed E-state index contributed by atoms with van der Waals surface area (Å²) in [6, 6.07) is 4.25. The number of hydrogen-bond acceptors (Lipinski definition) is 4. The Labute approximate surface area is 126 Å². The van der Waals surface area contributed by atoms with Crippen LogP contribution in [0.2, 0.25) is 5.02 Å². The SMILES string of the molecule is CC1SCCN(C(=O)c2ccc([N+](=O)[O-])c(Cl)c2)C1C. The van der Waals surface area contributed by atoms with Gasteiger partial charge in [-0.3, -0.25) is 14.9 Å². The number of nitro groups is 1. The molecule has 0 aromatic heterocycles. The van der Waals surface area contributed by atoms with E-state index in [1.807, 2.05) is 18.7 Å². The van der Waals surface area contributed by atoms with Crippen molar-refractivity contribution in [3.63, 3.8) is 0 Å². The minimum Gasteiger partial charge on any atom is -0.334 e. The minimum absolute atomic E-state index is 0.00654. The van der Waals surface area contributed by atoms with Gasteiger partial charge in [-0.05, 0) is 19.1 Å². The molecule has 5 nitrogen and oxygen atoms in total. The smallest absolute Gasteiger partial charge is 0.287 e. The molecule has 0 saturated carbocycles. The van der Waals surface area contributed by atoms with E-state index in [1.54, 1.807) is 4.90 Å². The predicted octanol–water partition coefficient (Wildman–Crippen LogP) is 3.21. The molecule has 1 fully saturated rings. The maximum Gasteiger partial charge on any atom is 0.287 e. The Balaban J connectivity index is 2.25. The zero-order valence-electron chi connectivity index (χ0n) is 11.2. The molecular weight excluding hydrogens is 300 g/mol. The first kappa shape index (κ1) is 15.1. The fourth-order valence-corrected chi connectivity index (χ4v) is 3.52. The number of nitrogens with zero attached hydrogens (tertiary/aromatic N) is 2. The van der Waals surface area contributed by atoms with E-state index in [0.29, 0.717) is 17.4 Å². The average molecular weight is 315 g/mol. The van der Waals surface area contributed by atoms with E-state index in [1.165, 1.54) is 18.2 Å². The summed E-state index contributed by atoms with van der Waals surface area (Å²) in [5.41, 5.74) is 0.213. The zero-order chi connectivity index (χ0) is 14.9. The van der Waals surface area contributed by atoms with Gasteiger partial charge in [0.05, 0.1) is 4.92 Å². The molecule has 2 unspecified atom stereocenters. The first-order valence-corrected chi connectivity index (χ1v) is 7.71. The molecule has 0 spiro atoms. The van der Waals surface area contributed by atoms with Gasteiger partial charge in [0.25, 0.3) is 11.6 Å². The second-order valence-corrected chi connectivity index (χ2v) is 6.63. The van der Waals surface area contributed by atoms with Gasteiger partial charge in [0, 0.05) is 35.2 Å². The molecule has 0 aliphatic carbocycles. The first-order chi connectivity index (χ1) is 9.41. The van der Waals surface area contributed by atoms with E-state index in [0.717, 1.165) is 5.75 Å². The van der Waals surface area contributed by atoms with Crippen LogP contribution in [0.4, 0.5) is 5.69 Å². The van der Waals surface area contributed by atoms with Gasteiger partial charge in [0.15, 0.2) is 0 Å². The molecule has 0 bridgehead atoms. The third-order valence-corrected chi connectivity index (χ3v) is 5.18. The summed E-state index contributed by atoms with van der Waals surface area (Å²) in [7, 11) is 0. The van der Waals surface area contributed by atoms with Crippen LogP contribution in [0.3, 0.4) is 0 Å². The molecule has 1 aromatic carbocycles. The topological polar surface area (TPSA) is 63.5 Å². The van der Waals surface area contributed by atoms with Gasteiger partial charge in [0.1, 0.15) is 5.02 Å². The van der Waals surface area contributed by atoms with Crippen LogP contribution in [-0.4, -0.2) is 39.3 Å². The summed E-state index contributed by atoms with van der Waals surface area (Å²) in [6.07, 6.45) is 0. The number of carbonyl (C=O) groups excluding carboxylic acids is 1. The fraction of sp³-hybridized carbons (Fsp3) is 0.462. The second-order valence-electron chi connectivity index (χ2n) is 4.74. The number of carbonyl (C=O) groups is 1. The van der Waals surface area contributed by atoms with Crippen molar-refractivity contribution in [2.45, 2.75) is 25.1 Å². The lowest BCUT2D eigenvalue weighted by Crippen LogP contribution is -2.47. The average Bonchev–Trinajstić information content (AvgIpc) is 2.40. The van der Waals surface area contributed by atoms with Gasteiger partial charge in [-0.2, -0.15) is 11.8 Å². The summed E-state index contributed by atoms with van der Waals surface area (Å²) in [6.45, 7) is 4.79. The summed E-state index contributed by atoms with van der Waals surface area (Å²) >= 11 is 7.70. The van der Waals surface area contributed by atoms with Crippen LogP contribution in [0.5, 0.6) is 0 Å². The van der Waals surface area contributed by atoms with E-state index in [-0.39, 0.29) is 22.7 Å². The Hall–Kier alpha value is -1.27. The van der Waals surface area contributed by atoms with Crippen LogP contribution in [0, 0.1) is 10.1 Å². The molecule has 1 amide bonds. The third-order valence-electron chi connectivity index (χ3n) is 3.54. The zero-order valence-corrected chi connectivity index (χ0v) is 12.8. The van der Waals surface area contributed by atoms with Crippen molar-refractivity contribution in [2.24, 2.45) is 0 Å². The lowest BCUT2D eigenvalue weighted by molar-refractivity contribution is -0.384. The molecule has 1 saturated heterocycles. The maximum atomic E-state index is 12.5. The highest BCUT2D eigenvalue weighted by atomic mass is 35.5. The molecule has 1 aromatic rings. The lowest BCUT2D eigenvalue weighted by Gasteiger charge is -2.37. The fourth-order valence-electron chi connectivity index (χ4n) is 2.17. The van der Waals surface area contributed by atoms with Gasteiger partial charge in [-0.15, -0.1) is 0 Å². The van der Waals surface area contributed by atoms with E-state index in [4.69, 9.17) is 11.6 Å². The molecular formula is C13H15ClN2O3S. The molecule has 2 atom stereocenters. The van der Waals surface area contributed by atoms with Crippen molar-refractivity contribution in [3.8, 4) is 0 Å². The molecule has 2 rings (SSSR count). The largest absolute Gasteiger partial charge is 0.334 e. The Morgan fingerprint density at radius 2 is 2.20 bits per heavy atom. The number of thioether (sulfide) groups is 1. The van der Waals surface area contributed by atoms with Gasteiger partial charge in [-0.1, -0.05) is 18.5 Å². The predicted molar refractivity (Wildman–Crippen MR) is 80.5 cm³/mol. The van der Waals surface area contributed by atoms with Gasteiger partial charge >= 0.3 is 0 Å². The van der Waals surface area contributed by atoms with Crippen molar-refractivity contribution < 1.29 is 9.72 Å². The highest BCUT2D eigenvalue weighted by molar-refractivity contribution is 8.00. The van der Waals surface area contributed by atoms with Crippen molar-refractivity contribution in [1.29, 1.82) is 0 Å². The molecule has 1 aliphatic rings. The Morgan fingerprint density at radius 1 is 1.50 bits per heavy atom. The van der Waals surface area contributed by atoms with Crippen LogP contribution in [0.15, 0.2) is 18.2 Å². The van der Waals surface area contributed by atoms with Crippen molar-refractivity contribution in [2.75, 3.05) is 12.3 Å². The molecule has 20 heavy (non-hydrogen) atoms. The van der Waals surface area contributed by atoms with Crippen LogP contribution in [0.1, 0.15) is 24.2 Å². The summed E-state index contributed by atoms with van der Waals surface area (Å²) in [5, 5.41) is 11.1. The van der Waals surface area contributed by atoms with Gasteiger partial charge in [0.2, 0.25) is 0 Å². The van der Waals surface area contributed by atoms with Crippen LogP contribution in [-0.2, 0) is 0 Å². The Morgan fingerprint density at radius 3 is 2.80 bits per heavy atom. The van der Waals surface area contributed by atoms with Crippen LogP contribution >= 0.6 is 23.4 Å². The quantitative estimate of drug-likeness (QED) is 0.621. The molecule has 7 heteroatoms. The van der Waals surface area contributed by atoms with E-state index >= 15 is 0 Å². The summed E-state index contributed by atoms with van der Waals surface area (Å²) in [5.74, 6) is 0.777. The summed E-state index contributed by atoms with van der Waals surface area (Å²) in [4.78, 5) is 24.4. The van der Waals surface area contributed by atoms with E-state index in [2.05, 4.69) is 6.92 Å². The maximum absolute atomic E-state index is 12.5. The molecule has 1 heterocycles. The molecule has 0 N–H and O–H groups in total. The molecule has 1 aliphatic heterocycles. The second kappa shape index (κ2) is 6.01. The number of halogens is 1. The number of benzene rings is 1. The monoisotopic (exact) mass is 314 g/mol. The van der Waals surface area contributed by atoms with Crippen LogP contribution in [0.25, 0.3) is 0 Å². The molecule has 0 radical (unpaired) electrons. The van der Waals surface area contributed by atoms with Gasteiger partial charge < -0.3 is 4.90 Å². The highest BCUT2D eigenvalue weighted by Crippen LogP contribution is 2.28. The highest BCUT2D eigenvalue weighted by Gasteiger charge is 2.30. The first-order valence-electron chi connectivity index (χ1n) is 6.28. The Kier molecular flexibility index (Phi) is 4.55. The molecule has 108 valence electrons. The number of amides is 1. The van der Waals surface area contributed by atoms with Gasteiger partial charge in [-0.25, -0.2) is 0 Å². The van der Waals surface area contributed by atoms with Crippen molar-refractivity contribution in [3.05, 3.63) is 38.9 Å². The van der Waals surface area contributed by atoms with E-state index < -0.39 is 4.92 Å². The number of nitro benzene ring substituents is 1. The number of rotatable bonds is 2. The van der Waals surface area contributed by atoms with Crippen molar-refractivity contribution >= 4 is 35.0 Å². The standard InChI is InChI=1S/C13H15ClN2O3S/c1-8-9(2)20-6-5-15(8)13(17)10-3-4-12(16(18)19)11(14)7-10/h3-4,7-9H,5-6H2,1-2H3. The van der Waals surface area contributed by atoms with E-state index in [9.17, 15) is 14.9 Å². The third kappa shape index (κ3) is 2.91. The normalized spacial score (nSPS) is 22.6. The summed E-state index contributed by atoms with van der Waals surface area (Å²) < 4.78 is 0. The Bertz CT molecular complexity index is 552.